The van der Waals surface area contributed by atoms with E-state index in [1.165, 1.54) is 0 Å². The van der Waals surface area contributed by atoms with E-state index in [9.17, 15) is 9.59 Å². The molecule has 0 rings (SSSR count). The van der Waals surface area contributed by atoms with Gasteiger partial charge in [0.1, 0.15) is 0 Å². The summed E-state index contributed by atoms with van der Waals surface area (Å²) in [5, 5.41) is 7.73. The minimum atomic E-state index is -0.749. The first-order chi connectivity index (χ1) is 4.66. The van der Waals surface area contributed by atoms with Crippen LogP contribution in [0.15, 0.2) is 0 Å². The van der Waals surface area contributed by atoms with Crippen LogP contribution < -0.4 is 5.73 Å². The summed E-state index contributed by atoms with van der Waals surface area (Å²) in [7, 11) is 0. The van der Waals surface area contributed by atoms with Gasteiger partial charge in [0.2, 0.25) is 5.91 Å². The van der Waals surface area contributed by atoms with Crippen LogP contribution in [0, 0.1) is 0 Å². The summed E-state index contributed by atoms with van der Waals surface area (Å²) in [4.78, 5) is 23.6. The Labute approximate surface area is 57.7 Å². The Morgan fingerprint density at radius 3 is 2.40 bits per heavy atom. The molecule has 5 nitrogen and oxygen atoms in total. The number of rotatable bonds is 4. The van der Waals surface area contributed by atoms with Gasteiger partial charge in [-0.15, -0.1) is 0 Å². The molecule has 0 heterocycles. The van der Waals surface area contributed by atoms with Crippen LogP contribution in [0.4, 0.5) is 0 Å². The molecular weight excluding hydrogens is 138 g/mol. The monoisotopic (exact) mass is 147 g/mol. The van der Waals surface area contributed by atoms with Crippen LogP contribution in [-0.2, 0) is 14.5 Å². The van der Waals surface area contributed by atoms with Crippen molar-refractivity contribution in [2.75, 3.05) is 0 Å². The van der Waals surface area contributed by atoms with Crippen molar-refractivity contribution in [2.24, 2.45) is 5.73 Å². The molecule has 0 saturated heterocycles. The third-order valence-corrected chi connectivity index (χ3v) is 0.906. The number of nitrogens with two attached hydrogens (primary N) is 1. The molecule has 0 atom stereocenters. The number of carbonyl (C=O) groups excluding carboxylic acids is 2. The second kappa shape index (κ2) is 4.75. The Kier molecular flexibility index (Phi) is 4.23. The van der Waals surface area contributed by atoms with E-state index in [0.29, 0.717) is 6.42 Å². The first-order valence-corrected chi connectivity index (χ1v) is 2.79. The first kappa shape index (κ1) is 8.90. The molecule has 1 amide bonds. The molecule has 5 heteroatoms. The Balaban J connectivity index is 3.20. The third kappa shape index (κ3) is 5.04. The van der Waals surface area contributed by atoms with Crippen molar-refractivity contribution in [3.63, 3.8) is 0 Å². The zero-order valence-electron chi connectivity index (χ0n) is 5.37. The van der Waals surface area contributed by atoms with Gasteiger partial charge in [-0.2, -0.15) is 5.26 Å². The Bertz CT molecular complexity index is 134. The Morgan fingerprint density at radius 2 is 2.00 bits per heavy atom. The van der Waals surface area contributed by atoms with Crippen LogP contribution in [-0.4, -0.2) is 17.1 Å². The van der Waals surface area contributed by atoms with Gasteiger partial charge in [0.05, 0.1) is 0 Å². The highest BCUT2D eigenvalue weighted by Gasteiger charge is 2.02. The van der Waals surface area contributed by atoms with Crippen LogP contribution in [0.5, 0.6) is 0 Å². The van der Waals surface area contributed by atoms with Crippen molar-refractivity contribution in [2.45, 2.75) is 19.3 Å². The summed E-state index contributed by atoms with van der Waals surface area (Å²) in [5.74, 6) is -1.22. The van der Waals surface area contributed by atoms with Crippen molar-refractivity contribution in [1.29, 1.82) is 0 Å². The number of primary amides is 1. The van der Waals surface area contributed by atoms with Crippen molar-refractivity contribution in [1.82, 2.24) is 0 Å². The van der Waals surface area contributed by atoms with Crippen molar-refractivity contribution in [3.05, 3.63) is 0 Å². The minimum Gasteiger partial charge on any atom is -0.370 e. The van der Waals surface area contributed by atoms with E-state index < -0.39 is 11.9 Å². The van der Waals surface area contributed by atoms with Gasteiger partial charge in [-0.1, -0.05) is 0 Å². The second-order valence-electron chi connectivity index (χ2n) is 1.78. The van der Waals surface area contributed by atoms with Gasteiger partial charge in [-0.25, -0.2) is 4.79 Å². The van der Waals surface area contributed by atoms with Gasteiger partial charge in [0, 0.05) is 12.8 Å². The number of hydrogen-bond donors (Lipinski definition) is 2. The smallest absolute Gasteiger partial charge is 0.342 e. The van der Waals surface area contributed by atoms with Gasteiger partial charge >= 0.3 is 5.97 Å². The first-order valence-electron chi connectivity index (χ1n) is 2.79. The number of hydrogen-bond acceptors (Lipinski definition) is 4. The van der Waals surface area contributed by atoms with E-state index in [2.05, 4.69) is 4.89 Å². The fraction of sp³-hybridized carbons (Fsp3) is 0.600. The van der Waals surface area contributed by atoms with Crippen LogP contribution in [0.2, 0.25) is 0 Å². The van der Waals surface area contributed by atoms with E-state index in [1.54, 1.807) is 0 Å². The van der Waals surface area contributed by atoms with Gasteiger partial charge in [0.25, 0.3) is 0 Å². The molecule has 0 aliphatic heterocycles. The Morgan fingerprint density at radius 1 is 1.40 bits per heavy atom. The highest BCUT2D eigenvalue weighted by atomic mass is 17.1. The fourth-order valence-corrected chi connectivity index (χ4v) is 0.453. The normalized spacial score (nSPS) is 8.90. The zero-order valence-corrected chi connectivity index (χ0v) is 5.37. The van der Waals surface area contributed by atoms with Gasteiger partial charge in [-0.05, 0) is 6.42 Å². The molecule has 10 heavy (non-hydrogen) atoms. The van der Waals surface area contributed by atoms with E-state index in [1.807, 2.05) is 0 Å². The molecule has 0 aliphatic carbocycles. The maximum absolute atomic E-state index is 10.2. The molecule has 0 aromatic carbocycles. The molecule has 0 spiro atoms. The lowest BCUT2D eigenvalue weighted by atomic mass is 10.2. The summed E-state index contributed by atoms with van der Waals surface area (Å²) >= 11 is 0. The van der Waals surface area contributed by atoms with Crippen molar-refractivity contribution in [3.8, 4) is 0 Å². The molecule has 58 valence electrons. The van der Waals surface area contributed by atoms with Crippen molar-refractivity contribution >= 4 is 11.9 Å². The maximum Gasteiger partial charge on any atom is 0.342 e. The highest BCUT2D eigenvalue weighted by Crippen LogP contribution is 1.94. The SMILES string of the molecule is NC(=O)CCCC(=O)OO. The Hall–Kier alpha value is -1.10. The zero-order chi connectivity index (χ0) is 7.98. The molecule has 3 N–H and O–H groups in total. The highest BCUT2D eigenvalue weighted by molar-refractivity contribution is 5.75. The van der Waals surface area contributed by atoms with E-state index in [-0.39, 0.29) is 12.8 Å². The predicted molar refractivity (Wildman–Crippen MR) is 31.8 cm³/mol. The van der Waals surface area contributed by atoms with Crippen molar-refractivity contribution < 1.29 is 19.7 Å². The van der Waals surface area contributed by atoms with Crippen LogP contribution in [0.1, 0.15) is 19.3 Å². The van der Waals surface area contributed by atoms with E-state index in [4.69, 9.17) is 11.0 Å². The molecule has 0 aromatic heterocycles. The van der Waals surface area contributed by atoms with Gasteiger partial charge < -0.3 is 10.6 Å². The molecule has 0 fully saturated rings. The van der Waals surface area contributed by atoms with Gasteiger partial charge in [-0.3, -0.25) is 4.79 Å². The maximum atomic E-state index is 10.2. The van der Waals surface area contributed by atoms with Gasteiger partial charge in [0.15, 0.2) is 0 Å². The molecule has 0 saturated carbocycles. The average Bonchev–Trinajstić information content (AvgIpc) is 1.87. The second-order valence-corrected chi connectivity index (χ2v) is 1.78. The predicted octanol–water partition coefficient (Wildman–Crippen LogP) is -0.342. The average molecular weight is 147 g/mol. The van der Waals surface area contributed by atoms with Crippen LogP contribution in [0.3, 0.4) is 0 Å². The quantitative estimate of drug-likeness (QED) is 0.420. The summed E-state index contributed by atoms with van der Waals surface area (Å²) in [5.41, 5.74) is 4.77. The molecular formula is C5H9NO4. The number of amides is 1. The lowest BCUT2D eigenvalue weighted by Gasteiger charge is -1.93. The summed E-state index contributed by atoms with van der Waals surface area (Å²) < 4.78 is 0. The largest absolute Gasteiger partial charge is 0.370 e. The molecule has 0 bridgehead atoms. The summed E-state index contributed by atoms with van der Waals surface area (Å²) in [6.45, 7) is 0. The lowest BCUT2D eigenvalue weighted by Crippen LogP contribution is -2.11. The minimum absolute atomic E-state index is 0.0133. The molecule has 0 unspecified atom stereocenters. The number of carbonyl (C=O) groups is 2. The molecule has 0 aromatic rings. The van der Waals surface area contributed by atoms with E-state index in [0.717, 1.165) is 0 Å². The van der Waals surface area contributed by atoms with Crippen LogP contribution >= 0.6 is 0 Å². The molecule has 0 radical (unpaired) electrons. The van der Waals surface area contributed by atoms with Crippen LogP contribution in [0.25, 0.3) is 0 Å². The van der Waals surface area contributed by atoms with E-state index >= 15 is 0 Å². The lowest BCUT2D eigenvalue weighted by molar-refractivity contribution is -0.234. The topological polar surface area (TPSA) is 89.6 Å². The standard InChI is InChI=1S/C5H9NO4/c6-4(7)2-1-3-5(8)10-9/h9H,1-3H2,(H2,6,7). The summed E-state index contributed by atoms with van der Waals surface area (Å²) in [6, 6.07) is 0. The molecule has 0 aliphatic rings. The third-order valence-electron chi connectivity index (χ3n) is 0.906. The fourth-order valence-electron chi connectivity index (χ4n) is 0.453. The summed E-state index contributed by atoms with van der Waals surface area (Å²) in [6.07, 6.45) is 0.462.